The topological polar surface area (TPSA) is 60.5 Å². The van der Waals surface area contributed by atoms with Gasteiger partial charge in [-0.25, -0.2) is 0 Å². The van der Waals surface area contributed by atoms with Crippen LogP contribution in [0.25, 0.3) is 0 Å². The largest absolute Gasteiger partial charge is 0.490 e. The van der Waals surface area contributed by atoms with E-state index in [4.69, 9.17) is 9.47 Å². The molecule has 0 radical (unpaired) electrons. The number of benzene rings is 2. The van der Waals surface area contributed by atoms with Gasteiger partial charge in [0.25, 0.3) is 5.91 Å². The minimum absolute atomic E-state index is 0.187. The Labute approximate surface area is 165 Å². The molecule has 5 heteroatoms. The van der Waals surface area contributed by atoms with E-state index < -0.39 is 0 Å². The molecule has 3 rings (SSSR count). The van der Waals surface area contributed by atoms with Gasteiger partial charge in [-0.1, -0.05) is 18.2 Å². The monoisotopic (exact) mass is 376 g/mol. The summed E-state index contributed by atoms with van der Waals surface area (Å²) >= 11 is 0. The number of pyridine rings is 1. The predicted molar refractivity (Wildman–Crippen MR) is 110 cm³/mol. The molecule has 0 bridgehead atoms. The lowest BCUT2D eigenvalue weighted by molar-refractivity contribution is 0.102. The molecule has 0 saturated carbocycles. The van der Waals surface area contributed by atoms with Gasteiger partial charge in [-0.15, -0.1) is 0 Å². The summed E-state index contributed by atoms with van der Waals surface area (Å²) in [6, 6.07) is 15.0. The summed E-state index contributed by atoms with van der Waals surface area (Å²) < 4.78 is 11.6. The van der Waals surface area contributed by atoms with Crippen molar-refractivity contribution in [3.63, 3.8) is 0 Å². The molecule has 28 heavy (non-hydrogen) atoms. The first-order chi connectivity index (χ1) is 13.6. The minimum atomic E-state index is -0.187. The first-order valence-electron chi connectivity index (χ1n) is 9.24. The zero-order chi connectivity index (χ0) is 19.9. The van der Waals surface area contributed by atoms with Crippen molar-refractivity contribution in [1.82, 2.24) is 4.98 Å². The fourth-order valence-corrected chi connectivity index (χ4v) is 2.75. The maximum Gasteiger partial charge on any atom is 0.255 e. The van der Waals surface area contributed by atoms with E-state index in [1.807, 2.05) is 51.1 Å². The van der Waals surface area contributed by atoms with Crippen LogP contribution in [0, 0.1) is 13.8 Å². The maximum absolute atomic E-state index is 12.7. The lowest BCUT2D eigenvalue weighted by Crippen LogP contribution is -2.13. The summed E-state index contributed by atoms with van der Waals surface area (Å²) in [4.78, 5) is 16.8. The standard InChI is InChI=1S/C23H24N2O3/c1-4-27-22-13-19(23(26)25-20-12-16(2)7-8-17(20)3)9-10-21(22)28-15-18-6-5-11-24-14-18/h5-14H,4,15H2,1-3H3,(H,25,26). The molecule has 0 atom stereocenters. The average Bonchev–Trinajstić information content (AvgIpc) is 2.70. The van der Waals surface area contributed by atoms with Gasteiger partial charge in [0.2, 0.25) is 0 Å². The highest BCUT2D eigenvalue weighted by Gasteiger charge is 2.13. The predicted octanol–water partition coefficient (Wildman–Crippen LogP) is 4.93. The van der Waals surface area contributed by atoms with Crippen LogP contribution in [0.5, 0.6) is 11.5 Å². The van der Waals surface area contributed by atoms with Gasteiger partial charge in [0.15, 0.2) is 11.5 Å². The van der Waals surface area contributed by atoms with Crippen molar-refractivity contribution in [3.8, 4) is 11.5 Å². The first-order valence-corrected chi connectivity index (χ1v) is 9.24. The van der Waals surface area contributed by atoms with Crippen LogP contribution < -0.4 is 14.8 Å². The number of rotatable bonds is 7. The third-order valence-electron chi connectivity index (χ3n) is 4.26. The van der Waals surface area contributed by atoms with Gasteiger partial charge < -0.3 is 14.8 Å². The highest BCUT2D eigenvalue weighted by molar-refractivity contribution is 6.05. The SMILES string of the molecule is CCOc1cc(C(=O)Nc2cc(C)ccc2C)ccc1OCc1cccnc1. The number of nitrogens with one attached hydrogen (secondary N) is 1. The van der Waals surface area contributed by atoms with Crippen molar-refractivity contribution in [2.45, 2.75) is 27.4 Å². The van der Waals surface area contributed by atoms with Crippen LogP contribution in [0.2, 0.25) is 0 Å². The van der Waals surface area contributed by atoms with Gasteiger partial charge >= 0.3 is 0 Å². The number of carbonyl (C=O) groups excluding carboxylic acids is 1. The molecule has 1 amide bonds. The number of aryl methyl sites for hydroxylation is 2. The van der Waals surface area contributed by atoms with Crippen molar-refractivity contribution in [2.75, 3.05) is 11.9 Å². The molecule has 0 fully saturated rings. The second-order valence-corrected chi connectivity index (χ2v) is 6.52. The minimum Gasteiger partial charge on any atom is -0.490 e. The van der Waals surface area contributed by atoms with Gasteiger partial charge in [-0.3, -0.25) is 9.78 Å². The van der Waals surface area contributed by atoms with Crippen LogP contribution in [0.4, 0.5) is 5.69 Å². The van der Waals surface area contributed by atoms with Crippen molar-refractivity contribution in [3.05, 3.63) is 83.2 Å². The summed E-state index contributed by atoms with van der Waals surface area (Å²) in [7, 11) is 0. The average molecular weight is 376 g/mol. The van der Waals surface area contributed by atoms with Crippen LogP contribution >= 0.6 is 0 Å². The summed E-state index contributed by atoms with van der Waals surface area (Å²) in [5.74, 6) is 0.947. The first kappa shape index (κ1) is 19.4. The fraction of sp³-hybridized carbons (Fsp3) is 0.217. The Morgan fingerprint density at radius 1 is 1.04 bits per heavy atom. The van der Waals surface area contributed by atoms with E-state index in [9.17, 15) is 4.79 Å². The molecule has 1 heterocycles. The molecule has 144 valence electrons. The molecule has 0 saturated heterocycles. The third-order valence-corrected chi connectivity index (χ3v) is 4.26. The molecular formula is C23H24N2O3. The Balaban J connectivity index is 1.77. The van der Waals surface area contributed by atoms with Gasteiger partial charge in [-0.05, 0) is 62.2 Å². The Morgan fingerprint density at radius 2 is 1.89 bits per heavy atom. The molecule has 0 unspecified atom stereocenters. The second-order valence-electron chi connectivity index (χ2n) is 6.52. The Bertz CT molecular complexity index is 955. The summed E-state index contributed by atoms with van der Waals surface area (Å²) in [6.07, 6.45) is 3.48. The number of nitrogens with zero attached hydrogens (tertiary/aromatic N) is 1. The molecule has 5 nitrogen and oxygen atoms in total. The van der Waals surface area contributed by atoms with E-state index >= 15 is 0 Å². The van der Waals surface area contributed by atoms with E-state index in [0.717, 1.165) is 22.4 Å². The van der Waals surface area contributed by atoms with Crippen molar-refractivity contribution < 1.29 is 14.3 Å². The number of anilines is 1. The number of aromatic nitrogens is 1. The van der Waals surface area contributed by atoms with Crippen LogP contribution in [0.1, 0.15) is 34.0 Å². The lowest BCUT2D eigenvalue weighted by atomic mass is 10.1. The highest BCUT2D eigenvalue weighted by atomic mass is 16.5. The molecule has 1 aromatic heterocycles. The van der Waals surface area contributed by atoms with E-state index in [0.29, 0.717) is 30.3 Å². The fourth-order valence-electron chi connectivity index (χ4n) is 2.75. The van der Waals surface area contributed by atoms with Gasteiger partial charge in [-0.2, -0.15) is 0 Å². The van der Waals surface area contributed by atoms with Crippen LogP contribution in [-0.2, 0) is 6.61 Å². The Morgan fingerprint density at radius 3 is 2.64 bits per heavy atom. The van der Waals surface area contributed by atoms with E-state index in [1.165, 1.54) is 0 Å². The highest BCUT2D eigenvalue weighted by Crippen LogP contribution is 2.30. The summed E-state index contributed by atoms with van der Waals surface area (Å²) in [6.45, 7) is 6.72. The quantitative estimate of drug-likeness (QED) is 0.635. The molecule has 2 aromatic carbocycles. The van der Waals surface area contributed by atoms with Gasteiger partial charge in [0, 0.05) is 29.2 Å². The molecule has 0 aliphatic heterocycles. The zero-order valence-corrected chi connectivity index (χ0v) is 16.4. The summed E-state index contributed by atoms with van der Waals surface area (Å²) in [5, 5.41) is 2.97. The normalized spacial score (nSPS) is 10.4. The van der Waals surface area contributed by atoms with Crippen LogP contribution in [-0.4, -0.2) is 17.5 Å². The zero-order valence-electron chi connectivity index (χ0n) is 16.4. The second kappa shape index (κ2) is 9.04. The molecule has 3 aromatic rings. The molecular weight excluding hydrogens is 352 g/mol. The molecule has 0 aliphatic carbocycles. The van der Waals surface area contributed by atoms with Crippen LogP contribution in [0.3, 0.4) is 0 Å². The van der Waals surface area contributed by atoms with Crippen molar-refractivity contribution >= 4 is 11.6 Å². The van der Waals surface area contributed by atoms with E-state index in [2.05, 4.69) is 10.3 Å². The Kier molecular flexibility index (Phi) is 6.27. The number of ether oxygens (including phenoxy) is 2. The van der Waals surface area contributed by atoms with Gasteiger partial charge in [0.1, 0.15) is 6.61 Å². The number of hydrogen-bond donors (Lipinski definition) is 1. The Hall–Kier alpha value is -3.34. The number of hydrogen-bond acceptors (Lipinski definition) is 4. The summed E-state index contributed by atoms with van der Waals surface area (Å²) in [5.41, 5.74) is 4.38. The van der Waals surface area contributed by atoms with Crippen molar-refractivity contribution in [1.29, 1.82) is 0 Å². The van der Waals surface area contributed by atoms with E-state index in [1.54, 1.807) is 30.6 Å². The molecule has 1 N–H and O–H groups in total. The molecule has 0 aliphatic rings. The van der Waals surface area contributed by atoms with Gasteiger partial charge in [0.05, 0.1) is 6.61 Å². The molecule has 0 spiro atoms. The smallest absolute Gasteiger partial charge is 0.255 e. The number of amides is 1. The maximum atomic E-state index is 12.7. The van der Waals surface area contributed by atoms with Crippen LogP contribution in [0.15, 0.2) is 60.9 Å². The number of carbonyl (C=O) groups is 1. The van der Waals surface area contributed by atoms with E-state index in [-0.39, 0.29) is 5.91 Å². The lowest BCUT2D eigenvalue weighted by Gasteiger charge is -2.14. The third kappa shape index (κ3) is 4.88. The van der Waals surface area contributed by atoms with Crippen molar-refractivity contribution in [2.24, 2.45) is 0 Å².